The van der Waals surface area contributed by atoms with Crippen molar-refractivity contribution in [1.29, 1.82) is 0 Å². The van der Waals surface area contributed by atoms with Gasteiger partial charge < -0.3 is 19.9 Å². The molecule has 140 valence electrons. The quantitative estimate of drug-likeness (QED) is 0.618. The van der Waals surface area contributed by atoms with Gasteiger partial charge >= 0.3 is 0 Å². The summed E-state index contributed by atoms with van der Waals surface area (Å²) in [6.45, 7) is 1.80. The first-order valence-corrected chi connectivity index (χ1v) is 9.76. The number of hydrogen-bond donors (Lipinski definition) is 2. The number of hydrogen-bond acceptors (Lipinski definition) is 3. The van der Waals surface area contributed by atoms with Crippen molar-refractivity contribution in [3.8, 4) is 5.75 Å². The third-order valence-corrected chi connectivity index (χ3v) is 5.55. The molecule has 5 nitrogen and oxygen atoms in total. The summed E-state index contributed by atoms with van der Waals surface area (Å²) in [5.74, 6) is 2.26. The van der Waals surface area contributed by atoms with E-state index in [1.54, 1.807) is 7.11 Å². The molecule has 0 unspecified atom stereocenters. The van der Waals surface area contributed by atoms with Gasteiger partial charge in [-0.3, -0.25) is 0 Å². The maximum atomic E-state index is 6.07. The second-order valence-corrected chi connectivity index (χ2v) is 7.53. The zero-order valence-corrected chi connectivity index (χ0v) is 16.6. The summed E-state index contributed by atoms with van der Waals surface area (Å²) in [5, 5.41) is 4.78. The molecule has 4 rings (SSSR count). The lowest BCUT2D eigenvalue weighted by Crippen LogP contribution is -2.40. The van der Waals surface area contributed by atoms with Crippen LogP contribution in [0, 0.1) is 0 Å². The number of rotatable bonds is 3. The highest BCUT2D eigenvalue weighted by atomic mass is 35.5. The van der Waals surface area contributed by atoms with Crippen LogP contribution in [-0.2, 0) is 0 Å². The average molecular weight is 401 g/mol. The second-order valence-electron chi connectivity index (χ2n) is 6.71. The first-order valence-electron chi connectivity index (χ1n) is 8.97. The Morgan fingerprint density at radius 3 is 2.85 bits per heavy atom. The molecule has 0 bridgehead atoms. The van der Waals surface area contributed by atoms with E-state index in [1.165, 1.54) is 0 Å². The van der Waals surface area contributed by atoms with Gasteiger partial charge in [-0.2, -0.15) is 0 Å². The van der Waals surface area contributed by atoms with Gasteiger partial charge in [-0.15, -0.1) is 0 Å². The van der Waals surface area contributed by atoms with Crippen molar-refractivity contribution in [2.24, 2.45) is 0 Å². The number of nitrogens with zero attached hydrogens (tertiary/aromatic N) is 2. The highest BCUT2D eigenvalue weighted by molar-refractivity contribution is 7.80. The van der Waals surface area contributed by atoms with E-state index in [9.17, 15) is 0 Å². The van der Waals surface area contributed by atoms with Crippen LogP contribution < -0.4 is 10.1 Å². The van der Waals surface area contributed by atoms with Crippen molar-refractivity contribution >= 4 is 45.7 Å². The molecule has 0 atom stereocenters. The number of ether oxygens (including phenoxy) is 1. The zero-order chi connectivity index (χ0) is 18.8. The van der Waals surface area contributed by atoms with Gasteiger partial charge in [0, 0.05) is 35.8 Å². The largest absolute Gasteiger partial charge is 0.497 e. The minimum atomic E-state index is 0.409. The van der Waals surface area contributed by atoms with Gasteiger partial charge in [0.05, 0.1) is 18.1 Å². The molecule has 0 saturated carbocycles. The number of thiocarbonyl (C=S) groups is 1. The summed E-state index contributed by atoms with van der Waals surface area (Å²) in [6, 6.07) is 13.6. The summed E-state index contributed by atoms with van der Waals surface area (Å²) in [4.78, 5) is 10.4. The number of nitrogens with one attached hydrogen (secondary N) is 2. The Morgan fingerprint density at radius 2 is 2.07 bits per heavy atom. The van der Waals surface area contributed by atoms with Crippen LogP contribution in [0.1, 0.15) is 24.6 Å². The standard InChI is InChI=1S/C20H21ClN4OS/c1-26-16-4-2-3-15(12-16)22-20(27)25-9-7-13(8-10-25)19-23-17-6-5-14(21)11-18(17)24-19/h2-6,11-13H,7-10H2,1H3,(H,22,27)(H,23,24). The molecule has 0 spiro atoms. The van der Waals surface area contributed by atoms with E-state index in [0.717, 1.165) is 64.4 Å². The number of halogens is 1. The predicted molar refractivity (Wildman–Crippen MR) is 114 cm³/mol. The molecule has 27 heavy (non-hydrogen) atoms. The van der Waals surface area contributed by atoms with Gasteiger partial charge in [0.1, 0.15) is 11.6 Å². The van der Waals surface area contributed by atoms with Crippen molar-refractivity contribution in [3.63, 3.8) is 0 Å². The van der Waals surface area contributed by atoms with Gasteiger partial charge in [0.25, 0.3) is 0 Å². The molecule has 1 fully saturated rings. The average Bonchev–Trinajstić information content (AvgIpc) is 3.11. The molecule has 1 aromatic heterocycles. The first-order chi connectivity index (χ1) is 13.1. The number of imidazole rings is 1. The van der Waals surface area contributed by atoms with Crippen LogP contribution in [0.3, 0.4) is 0 Å². The molecule has 2 aromatic carbocycles. The Balaban J connectivity index is 1.38. The summed E-state index contributed by atoms with van der Waals surface area (Å²) in [6.07, 6.45) is 2.01. The summed E-state index contributed by atoms with van der Waals surface area (Å²) in [5.41, 5.74) is 2.90. The molecule has 2 heterocycles. The number of aromatic nitrogens is 2. The number of benzene rings is 2. The van der Waals surface area contributed by atoms with Gasteiger partial charge in [-0.05, 0) is 55.4 Å². The Kier molecular flexibility index (Phi) is 5.18. The smallest absolute Gasteiger partial charge is 0.173 e. The minimum absolute atomic E-state index is 0.409. The lowest BCUT2D eigenvalue weighted by atomic mass is 9.96. The van der Waals surface area contributed by atoms with Gasteiger partial charge in [-0.1, -0.05) is 17.7 Å². The summed E-state index contributed by atoms with van der Waals surface area (Å²) in [7, 11) is 1.66. The fourth-order valence-electron chi connectivity index (χ4n) is 3.45. The molecule has 7 heteroatoms. The monoisotopic (exact) mass is 400 g/mol. The number of fused-ring (bicyclic) bond motifs is 1. The van der Waals surface area contributed by atoms with E-state index in [0.29, 0.717) is 5.92 Å². The topological polar surface area (TPSA) is 53.2 Å². The SMILES string of the molecule is COc1cccc(NC(=S)N2CCC(c3nc4ccc(Cl)cc4[nH]3)CC2)c1. The number of anilines is 1. The van der Waals surface area contributed by atoms with Crippen LogP contribution >= 0.6 is 23.8 Å². The van der Waals surface area contributed by atoms with Crippen molar-refractivity contribution in [3.05, 3.63) is 53.3 Å². The maximum absolute atomic E-state index is 6.07. The third kappa shape index (κ3) is 4.01. The predicted octanol–water partition coefficient (Wildman–Crippen LogP) is 4.80. The van der Waals surface area contributed by atoms with Gasteiger partial charge in [0.15, 0.2) is 5.11 Å². The Morgan fingerprint density at radius 1 is 1.26 bits per heavy atom. The lowest BCUT2D eigenvalue weighted by molar-refractivity contribution is 0.311. The van der Waals surface area contributed by atoms with Gasteiger partial charge in [0.2, 0.25) is 0 Å². The number of aromatic amines is 1. The van der Waals surface area contributed by atoms with E-state index >= 15 is 0 Å². The van der Waals surface area contributed by atoms with Crippen LogP contribution in [0.25, 0.3) is 11.0 Å². The van der Waals surface area contributed by atoms with E-state index in [2.05, 4.69) is 15.2 Å². The number of likely N-dealkylation sites (tertiary alicyclic amines) is 1. The van der Waals surface area contributed by atoms with Crippen LogP contribution in [-0.4, -0.2) is 40.2 Å². The molecule has 0 amide bonds. The van der Waals surface area contributed by atoms with Crippen LogP contribution in [0.2, 0.25) is 5.02 Å². The highest BCUT2D eigenvalue weighted by Gasteiger charge is 2.24. The molecular weight excluding hydrogens is 380 g/mol. The molecule has 3 aromatic rings. The van der Waals surface area contributed by atoms with E-state index in [4.69, 9.17) is 33.5 Å². The molecule has 1 aliphatic heterocycles. The second kappa shape index (κ2) is 7.74. The van der Waals surface area contributed by atoms with Crippen molar-refractivity contribution in [2.75, 3.05) is 25.5 Å². The molecule has 1 saturated heterocycles. The third-order valence-electron chi connectivity index (χ3n) is 4.95. The van der Waals surface area contributed by atoms with Crippen molar-refractivity contribution in [2.45, 2.75) is 18.8 Å². The zero-order valence-electron chi connectivity index (χ0n) is 15.0. The minimum Gasteiger partial charge on any atom is -0.497 e. The number of piperidine rings is 1. The van der Waals surface area contributed by atoms with Crippen molar-refractivity contribution < 1.29 is 4.74 Å². The molecular formula is C20H21ClN4OS. The van der Waals surface area contributed by atoms with Crippen LogP contribution in [0.15, 0.2) is 42.5 Å². The van der Waals surface area contributed by atoms with E-state index in [1.807, 2.05) is 42.5 Å². The molecule has 2 N–H and O–H groups in total. The van der Waals surface area contributed by atoms with Crippen molar-refractivity contribution in [1.82, 2.24) is 14.9 Å². The van der Waals surface area contributed by atoms with Crippen LogP contribution in [0.4, 0.5) is 5.69 Å². The van der Waals surface area contributed by atoms with E-state index in [-0.39, 0.29) is 0 Å². The first kappa shape index (κ1) is 18.1. The summed E-state index contributed by atoms with van der Waals surface area (Å²) < 4.78 is 5.26. The van der Waals surface area contributed by atoms with E-state index < -0.39 is 0 Å². The number of methoxy groups -OCH3 is 1. The Bertz CT molecular complexity index is 966. The molecule has 0 aliphatic carbocycles. The van der Waals surface area contributed by atoms with Gasteiger partial charge in [-0.25, -0.2) is 4.98 Å². The fourth-order valence-corrected chi connectivity index (χ4v) is 3.93. The van der Waals surface area contributed by atoms with Crippen LogP contribution in [0.5, 0.6) is 5.75 Å². The highest BCUT2D eigenvalue weighted by Crippen LogP contribution is 2.29. The maximum Gasteiger partial charge on any atom is 0.173 e. The lowest BCUT2D eigenvalue weighted by Gasteiger charge is -2.33. The normalized spacial score (nSPS) is 15.1. The summed E-state index contributed by atoms with van der Waals surface area (Å²) >= 11 is 11.7. The molecule has 1 aliphatic rings. The Hall–Kier alpha value is -2.31. The number of H-pyrrole nitrogens is 1. The Labute approximate surface area is 168 Å². The molecule has 0 radical (unpaired) electrons. The fraction of sp³-hybridized carbons (Fsp3) is 0.300.